The number of fused-ring (bicyclic) bond motifs is 1. The molecule has 0 bridgehead atoms. The number of carboxylic acid groups (broad SMARTS) is 1. The van der Waals surface area contributed by atoms with Gasteiger partial charge in [-0.3, -0.25) is 14.6 Å². The second-order valence-corrected chi connectivity index (χ2v) is 8.86. The third-order valence-electron chi connectivity index (χ3n) is 6.38. The number of aliphatic imine (C=N–C) groups is 1. The molecule has 0 saturated carbocycles. The van der Waals surface area contributed by atoms with Crippen molar-refractivity contribution in [1.82, 2.24) is 25.7 Å². The summed E-state index contributed by atoms with van der Waals surface area (Å²) in [5.41, 5.74) is 12.7. The lowest BCUT2D eigenvalue weighted by Gasteiger charge is -2.26. The van der Waals surface area contributed by atoms with Crippen molar-refractivity contribution < 1.29 is 23.9 Å². The Bertz CT molecular complexity index is 1380. The predicted octanol–water partition coefficient (Wildman–Crippen LogP) is 1.96. The van der Waals surface area contributed by atoms with E-state index in [9.17, 15) is 14.3 Å². The molecule has 2 aliphatic heterocycles. The van der Waals surface area contributed by atoms with E-state index in [0.717, 1.165) is 5.56 Å². The molecule has 2 aliphatic rings. The average molecular weight is 508 g/mol. The number of carboxylic acids is 1. The Labute approximate surface area is 211 Å². The van der Waals surface area contributed by atoms with Crippen LogP contribution in [0.1, 0.15) is 35.0 Å². The van der Waals surface area contributed by atoms with Gasteiger partial charge < -0.3 is 20.9 Å². The number of hydrogen-bond acceptors (Lipinski definition) is 10. The van der Waals surface area contributed by atoms with Gasteiger partial charge in [-0.15, -0.1) is 0 Å². The van der Waals surface area contributed by atoms with E-state index in [1.807, 2.05) is 0 Å². The summed E-state index contributed by atoms with van der Waals surface area (Å²) < 4.78 is 19.6. The minimum atomic E-state index is -0.929. The van der Waals surface area contributed by atoms with Crippen LogP contribution in [0.3, 0.4) is 0 Å². The Hall–Kier alpha value is -4.16. The fourth-order valence-corrected chi connectivity index (χ4v) is 4.66. The Morgan fingerprint density at radius 3 is 2.84 bits per heavy atom. The van der Waals surface area contributed by atoms with Crippen molar-refractivity contribution in [3.05, 3.63) is 64.7 Å². The first kappa shape index (κ1) is 24.5. The minimum absolute atomic E-state index is 0.134. The normalized spacial score (nSPS) is 20.7. The zero-order chi connectivity index (χ0) is 26.1. The molecule has 1 fully saturated rings. The summed E-state index contributed by atoms with van der Waals surface area (Å²) in [7, 11) is 1.52. The lowest BCUT2D eigenvalue weighted by molar-refractivity contribution is -0.139. The molecule has 1 aromatic carbocycles. The molecule has 3 aromatic rings. The zero-order valence-electron chi connectivity index (χ0n) is 20.2. The summed E-state index contributed by atoms with van der Waals surface area (Å²) in [4.78, 5) is 35.2. The number of carbonyl (C=O) groups is 1. The molecule has 0 aliphatic carbocycles. The smallest absolute Gasteiger partial charge is 0.320 e. The van der Waals surface area contributed by atoms with Gasteiger partial charge in [0.05, 0.1) is 41.9 Å². The van der Waals surface area contributed by atoms with Gasteiger partial charge in [0, 0.05) is 31.0 Å². The number of nitrogen functional groups attached to an aromatic ring is 1. The van der Waals surface area contributed by atoms with Crippen LogP contribution in [0.4, 0.5) is 10.3 Å². The van der Waals surface area contributed by atoms with E-state index in [4.69, 9.17) is 20.3 Å². The monoisotopic (exact) mass is 507 g/mol. The first-order valence-electron chi connectivity index (χ1n) is 11.7. The highest BCUT2D eigenvalue weighted by Gasteiger charge is 2.32. The van der Waals surface area contributed by atoms with Gasteiger partial charge in [0.15, 0.2) is 5.84 Å². The number of aliphatic carboxylic acids is 1. The molecule has 0 radical (unpaired) electrons. The molecule has 4 heterocycles. The highest BCUT2D eigenvalue weighted by molar-refractivity contribution is 6.01. The SMILES string of the molecule is COc1cccc(-c2cc(F)ccc2[C@H]2Cc3nc(N)nc(C)c3C(NO[C@H]3CN[C@H](C(=O)O)C3)=N2)n1. The highest BCUT2D eigenvalue weighted by atomic mass is 19.1. The van der Waals surface area contributed by atoms with E-state index in [-0.39, 0.29) is 12.1 Å². The molecular formula is C25H26FN7O4. The molecule has 5 N–H and O–H groups in total. The second kappa shape index (κ2) is 10.1. The number of benzene rings is 1. The Morgan fingerprint density at radius 1 is 1.24 bits per heavy atom. The molecule has 2 aromatic heterocycles. The van der Waals surface area contributed by atoms with Crippen molar-refractivity contribution in [2.45, 2.75) is 38.0 Å². The largest absolute Gasteiger partial charge is 0.481 e. The number of rotatable bonds is 6. The third-order valence-corrected chi connectivity index (χ3v) is 6.38. The maximum atomic E-state index is 14.4. The van der Waals surface area contributed by atoms with Gasteiger partial charge in [-0.25, -0.2) is 24.8 Å². The van der Waals surface area contributed by atoms with Gasteiger partial charge in [-0.05, 0) is 30.7 Å². The number of anilines is 1. The van der Waals surface area contributed by atoms with Crippen LogP contribution in [0.5, 0.6) is 5.88 Å². The van der Waals surface area contributed by atoms with E-state index in [0.29, 0.717) is 59.3 Å². The first-order chi connectivity index (χ1) is 17.8. The Morgan fingerprint density at radius 2 is 2.08 bits per heavy atom. The fourth-order valence-electron chi connectivity index (χ4n) is 4.66. The maximum Gasteiger partial charge on any atom is 0.320 e. The summed E-state index contributed by atoms with van der Waals surface area (Å²) in [6, 6.07) is 8.61. The minimum Gasteiger partial charge on any atom is -0.481 e. The van der Waals surface area contributed by atoms with Crippen molar-refractivity contribution in [1.29, 1.82) is 0 Å². The highest BCUT2D eigenvalue weighted by Crippen LogP contribution is 2.36. The van der Waals surface area contributed by atoms with Gasteiger partial charge in [0.1, 0.15) is 11.9 Å². The van der Waals surface area contributed by atoms with Crippen LogP contribution in [0.15, 0.2) is 41.4 Å². The number of methoxy groups -OCH3 is 1. The van der Waals surface area contributed by atoms with E-state index in [1.165, 1.54) is 19.2 Å². The summed E-state index contributed by atoms with van der Waals surface area (Å²) in [6.07, 6.45) is 0.306. The lowest BCUT2D eigenvalue weighted by atomic mass is 9.91. The standard InChI is InChI=1S/C25H26FN7O4/c1-12-22-19(32-25(27)29-12)10-18(31-23(22)33-37-14-9-20(24(34)35)28-11-14)15-7-6-13(26)8-16(15)17-4-3-5-21(30-17)36-2/h3-8,14,18,20,28H,9-11H2,1-2H3,(H,31,33)(H,34,35)(H2,27,29,32)/t14-,18-,20+/m1/s1. The predicted molar refractivity (Wildman–Crippen MR) is 132 cm³/mol. The van der Waals surface area contributed by atoms with Crippen LogP contribution in [-0.2, 0) is 16.1 Å². The second-order valence-electron chi connectivity index (χ2n) is 8.86. The van der Waals surface area contributed by atoms with Gasteiger partial charge in [-0.2, -0.15) is 0 Å². The maximum absolute atomic E-state index is 14.4. The number of ether oxygens (including phenoxy) is 1. The number of aromatic nitrogens is 3. The van der Waals surface area contributed by atoms with Crippen molar-refractivity contribution in [2.75, 3.05) is 19.4 Å². The number of nitrogens with one attached hydrogen (secondary N) is 2. The molecule has 0 unspecified atom stereocenters. The first-order valence-corrected chi connectivity index (χ1v) is 11.7. The van der Waals surface area contributed by atoms with Gasteiger partial charge in [-0.1, -0.05) is 12.1 Å². The molecule has 3 atom stereocenters. The molecule has 5 rings (SSSR count). The van der Waals surface area contributed by atoms with Crippen LogP contribution >= 0.6 is 0 Å². The zero-order valence-corrected chi connectivity index (χ0v) is 20.2. The van der Waals surface area contributed by atoms with E-state index in [1.54, 1.807) is 31.2 Å². The molecule has 37 heavy (non-hydrogen) atoms. The Kier molecular flexibility index (Phi) is 6.68. The number of aryl methyl sites for hydroxylation is 1. The number of halogens is 1. The molecule has 1 saturated heterocycles. The number of pyridine rings is 1. The molecule has 12 heteroatoms. The summed E-state index contributed by atoms with van der Waals surface area (Å²) >= 11 is 0. The van der Waals surface area contributed by atoms with Crippen LogP contribution in [-0.4, -0.2) is 57.7 Å². The number of nitrogens with zero attached hydrogens (tertiary/aromatic N) is 4. The quantitative estimate of drug-likeness (QED) is 0.364. The third kappa shape index (κ3) is 5.06. The van der Waals surface area contributed by atoms with Gasteiger partial charge in [0.2, 0.25) is 11.8 Å². The number of amidine groups is 1. The number of nitrogens with two attached hydrogens (primary N) is 1. The molecule has 0 amide bonds. The summed E-state index contributed by atoms with van der Waals surface area (Å²) in [5.74, 6) is -0.413. The lowest BCUT2D eigenvalue weighted by Crippen LogP contribution is -2.35. The van der Waals surface area contributed by atoms with Crippen molar-refractivity contribution in [3.8, 4) is 17.1 Å². The molecular weight excluding hydrogens is 481 g/mol. The molecule has 0 spiro atoms. The van der Waals surface area contributed by atoms with Crippen LogP contribution in [0, 0.1) is 12.7 Å². The number of hydrogen-bond donors (Lipinski definition) is 4. The summed E-state index contributed by atoms with van der Waals surface area (Å²) in [6.45, 7) is 2.17. The molecule has 192 valence electrons. The van der Waals surface area contributed by atoms with Crippen molar-refractivity contribution in [2.24, 2.45) is 4.99 Å². The fraction of sp³-hybridized carbons (Fsp3) is 0.320. The van der Waals surface area contributed by atoms with Crippen molar-refractivity contribution >= 4 is 17.8 Å². The number of hydroxylamine groups is 1. The van der Waals surface area contributed by atoms with Gasteiger partial charge in [0.25, 0.3) is 0 Å². The van der Waals surface area contributed by atoms with Crippen LogP contribution in [0.2, 0.25) is 0 Å². The van der Waals surface area contributed by atoms with E-state index < -0.39 is 23.9 Å². The average Bonchev–Trinajstić information content (AvgIpc) is 3.36. The van der Waals surface area contributed by atoms with Crippen LogP contribution < -0.4 is 21.3 Å². The topological polar surface area (TPSA) is 157 Å². The Balaban J connectivity index is 1.52. The van der Waals surface area contributed by atoms with Crippen molar-refractivity contribution in [3.63, 3.8) is 0 Å². The van der Waals surface area contributed by atoms with Gasteiger partial charge >= 0.3 is 5.97 Å². The van der Waals surface area contributed by atoms with E-state index in [2.05, 4.69) is 25.7 Å². The van der Waals surface area contributed by atoms with Crippen LogP contribution in [0.25, 0.3) is 11.3 Å². The summed E-state index contributed by atoms with van der Waals surface area (Å²) in [5, 5.41) is 12.2. The molecule has 11 nitrogen and oxygen atoms in total. The van der Waals surface area contributed by atoms with E-state index >= 15 is 0 Å².